The first-order valence-corrected chi connectivity index (χ1v) is 5.80. The van der Waals surface area contributed by atoms with Crippen molar-refractivity contribution in [1.82, 2.24) is 0 Å². The van der Waals surface area contributed by atoms with E-state index in [4.69, 9.17) is 20.9 Å². The van der Waals surface area contributed by atoms with E-state index < -0.39 is 5.72 Å². The molecule has 0 saturated carbocycles. The van der Waals surface area contributed by atoms with Gasteiger partial charge in [0.1, 0.15) is 12.5 Å². The van der Waals surface area contributed by atoms with Gasteiger partial charge in [0.25, 0.3) is 0 Å². The number of allylic oxidation sites excluding steroid dienone is 2. The van der Waals surface area contributed by atoms with Crippen LogP contribution in [0.1, 0.15) is 12.0 Å². The highest BCUT2D eigenvalue weighted by atomic mass is 16.7. The molecule has 96 valence electrons. The molecule has 18 heavy (non-hydrogen) atoms. The number of nitrogens with two attached hydrogens (primary N) is 2. The van der Waals surface area contributed by atoms with Crippen molar-refractivity contribution in [2.45, 2.75) is 12.1 Å². The van der Waals surface area contributed by atoms with Crippen LogP contribution >= 0.6 is 0 Å². The monoisotopic (exact) mass is 246 g/mol. The zero-order valence-corrected chi connectivity index (χ0v) is 10.4. The quantitative estimate of drug-likeness (QED) is 0.628. The average Bonchev–Trinajstić information content (AvgIpc) is 2.39. The first-order chi connectivity index (χ1) is 8.63. The lowest BCUT2D eigenvalue weighted by atomic mass is 9.95. The molecule has 1 atom stereocenters. The molecule has 0 aliphatic heterocycles. The molecule has 2 rings (SSSR count). The standard InChI is InChI=1S/C14H18N2O2/c1-17-10-18-14(16)8-6-12(7-9-14)11-2-4-13(15)5-3-11/h2-8H,9-10,15-16H2,1H3. The van der Waals surface area contributed by atoms with Gasteiger partial charge in [0.2, 0.25) is 0 Å². The van der Waals surface area contributed by atoms with Gasteiger partial charge in [-0.05, 0) is 29.3 Å². The molecular weight excluding hydrogens is 228 g/mol. The second kappa shape index (κ2) is 5.35. The van der Waals surface area contributed by atoms with Crippen LogP contribution < -0.4 is 11.5 Å². The smallest absolute Gasteiger partial charge is 0.149 e. The van der Waals surface area contributed by atoms with Gasteiger partial charge in [-0.15, -0.1) is 0 Å². The summed E-state index contributed by atoms with van der Waals surface area (Å²) < 4.78 is 10.3. The average molecular weight is 246 g/mol. The summed E-state index contributed by atoms with van der Waals surface area (Å²) in [5, 5.41) is 0. The Bertz CT molecular complexity index is 465. The normalized spacial score (nSPS) is 22.9. The molecule has 0 radical (unpaired) electrons. The Hall–Kier alpha value is -1.62. The minimum atomic E-state index is -0.771. The number of nitrogen functional groups attached to an aromatic ring is 1. The highest BCUT2D eigenvalue weighted by Gasteiger charge is 2.24. The van der Waals surface area contributed by atoms with Crippen molar-refractivity contribution < 1.29 is 9.47 Å². The summed E-state index contributed by atoms with van der Waals surface area (Å²) in [6.45, 7) is 0.186. The van der Waals surface area contributed by atoms with Crippen molar-refractivity contribution >= 4 is 11.3 Å². The highest BCUT2D eigenvalue weighted by Crippen LogP contribution is 2.26. The topological polar surface area (TPSA) is 70.5 Å². The van der Waals surface area contributed by atoms with Crippen LogP contribution in [0.25, 0.3) is 5.57 Å². The number of hydrogen-bond donors (Lipinski definition) is 2. The van der Waals surface area contributed by atoms with Crippen molar-refractivity contribution in [2.24, 2.45) is 5.73 Å². The maximum Gasteiger partial charge on any atom is 0.149 e. The van der Waals surface area contributed by atoms with Crippen molar-refractivity contribution in [3.05, 3.63) is 48.1 Å². The third-order valence-electron chi connectivity index (χ3n) is 2.88. The summed E-state index contributed by atoms with van der Waals surface area (Å²) in [7, 11) is 1.57. The van der Waals surface area contributed by atoms with Gasteiger partial charge in [-0.1, -0.05) is 24.3 Å². The molecule has 0 saturated heterocycles. The van der Waals surface area contributed by atoms with Crippen LogP contribution in [0.2, 0.25) is 0 Å². The van der Waals surface area contributed by atoms with Gasteiger partial charge >= 0.3 is 0 Å². The Balaban J connectivity index is 2.07. The van der Waals surface area contributed by atoms with Crippen LogP contribution in [0.5, 0.6) is 0 Å². The van der Waals surface area contributed by atoms with E-state index in [-0.39, 0.29) is 6.79 Å². The largest absolute Gasteiger partial charge is 0.399 e. The molecule has 1 aliphatic rings. The van der Waals surface area contributed by atoms with E-state index >= 15 is 0 Å². The lowest BCUT2D eigenvalue weighted by Gasteiger charge is -2.27. The van der Waals surface area contributed by atoms with E-state index in [0.717, 1.165) is 16.8 Å². The predicted octanol–water partition coefficient (Wildman–Crippen LogP) is 1.89. The maximum absolute atomic E-state index is 6.06. The van der Waals surface area contributed by atoms with E-state index in [0.29, 0.717) is 6.42 Å². The number of hydrogen-bond acceptors (Lipinski definition) is 4. The van der Waals surface area contributed by atoms with Gasteiger partial charge < -0.3 is 15.2 Å². The molecule has 0 fully saturated rings. The molecular formula is C14H18N2O2. The van der Waals surface area contributed by atoms with Crippen molar-refractivity contribution in [3.8, 4) is 0 Å². The van der Waals surface area contributed by atoms with Gasteiger partial charge in [-0.2, -0.15) is 0 Å². The fourth-order valence-corrected chi connectivity index (χ4v) is 1.80. The van der Waals surface area contributed by atoms with E-state index in [9.17, 15) is 0 Å². The molecule has 0 bridgehead atoms. The zero-order valence-electron chi connectivity index (χ0n) is 10.4. The van der Waals surface area contributed by atoms with E-state index in [2.05, 4.69) is 6.08 Å². The molecule has 4 N–H and O–H groups in total. The highest BCUT2D eigenvalue weighted by molar-refractivity contribution is 5.76. The number of ether oxygens (including phenoxy) is 2. The van der Waals surface area contributed by atoms with E-state index in [1.165, 1.54) is 0 Å². The van der Waals surface area contributed by atoms with Gasteiger partial charge in [0, 0.05) is 19.2 Å². The molecule has 4 nitrogen and oxygen atoms in total. The molecule has 1 unspecified atom stereocenters. The fourth-order valence-electron chi connectivity index (χ4n) is 1.80. The number of methoxy groups -OCH3 is 1. The minimum absolute atomic E-state index is 0.186. The van der Waals surface area contributed by atoms with Crippen LogP contribution in [-0.4, -0.2) is 19.6 Å². The number of anilines is 1. The van der Waals surface area contributed by atoms with Crippen LogP contribution in [0.15, 0.2) is 42.5 Å². The summed E-state index contributed by atoms with van der Waals surface area (Å²) in [6.07, 6.45) is 6.50. The van der Waals surface area contributed by atoms with E-state index in [1.807, 2.05) is 36.4 Å². The van der Waals surface area contributed by atoms with E-state index in [1.54, 1.807) is 7.11 Å². The molecule has 1 aromatic rings. The summed E-state index contributed by atoms with van der Waals surface area (Å²) >= 11 is 0. The van der Waals surface area contributed by atoms with Gasteiger partial charge in [0.15, 0.2) is 0 Å². The van der Waals surface area contributed by atoms with Crippen LogP contribution in [0.4, 0.5) is 5.69 Å². The van der Waals surface area contributed by atoms with Crippen LogP contribution in [0, 0.1) is 0 Å². The summed E-state index contributed by atoms with van der Waals surface area (Å²) in [6, 6.07) is 7.75. The first-order valence-electron chi connectivity index (χ1n) is 5.80. The molecule has 0 spiro atoms. The lowest BCUT2D eigenvalue weighted by Crippen LogP contribution is -2.41. The fraction of sp³-hybridized carbons (Fsp3) is 0.286. The van der Waals surface area contributed by atoms with Gasteiger partial charge in [-0.3, -0.25) is 5.73 Å². The molecule has 4 heteroatoms. The van der Waals surface area contributed by atoms with Crippen molar-refractivity contribution in [1.29, 1.82) is 0 Å². The van der Waals surface area contributed by atoms with Gasteiger partial charge in [-0.25, -0.2) is 0 Å². The van der Waals surface area contributed by atoms with Crippen LogP contribution in [-0.2, 0) is 9.47 Å². The van der Waals surface area contributed by atoms with Crippen molar-refractivity contribution in [3.63, 3.8) is 0 Å². The molecule has 1 aliphatic carbocycles. The summed E-state index contributed by atoms with van der Waals surface area (Å²) in [4.78, 5) is 0. The maximum atomic E-state index is 6.06. The summed E-state index contributed by atoms with van der Waals surface area (Å²) in [5.41, 5.74) is 14.0. The van der Waals surface area contributed by atoms with Crippen LogP contribution in [0.3, 0.4) is 0 Å². The predicted molar refractivity (Wildman–Crippen MR) is 72.5 cm³/mol. The summed E-state index contributed by atoms with van der Waals surface area (Å²) in [5.74, 6) is 0. The number of benzene rings is 1. The zero-order chi connectivity index (χ0) is 13.0. The molecule has 0 amide bonds. The lowest BCUT2D eigenvalue weighted by molar-refractivity contribution is -0.104. The Labute approximate surface area is 107 Å². The third-order valence-corrected chi connectivity index (χ3v) is 2.88. The SMILES string of the molecule is COCOC1(N)C=CC(c2ccc(N)cc2)=CC1. The van der Waals surface area contributed by atoms with Crippen molar-refractivity contribution in [2.75, 3.05) is 19.6 Å². The minimum Gasteiger partial charge on any atom is -0.399 e. The second-order valence-corrected chi connectivity index (χ2v) is 4.32. The Morgan fingerprint density at radius 2 is 2.00 bits per heavy atom. The molecule has 0 heterocycles. The molecule has 1 aromatic carbocycles. The Morgan fingerprint density at radius 3 is 2.56 bits per heavy atom. The third kappa shape index (κ3) is 2.98. The second-order valence-electron chi connectivity index (χ2n) is 4.32. The Kier molecular flexibility index (Phi) is 3.81. The first kappa shape index (κ1) is 12.8. The van der Waals surface area contributed by atoms with Gasteiger partial charge in [0.05, 0.1) is 0 Å². The molecule has 0 aromatic heterocycles. The number of rotatable bonds is 4. The Morgan fingerprint density at radius 1 is 1.28 bits per heavy atom.